The van der Waals surface area contributed by atoms with Crippen LogP contribution in [0.2, 0.25) is 0 Å². The van der Waals surface area contributed by atoms with Crippen molar-refractivity contribution in [2.45, 2.75) is 12.8 Å². The summed E-state index contributed by atoms with van der Waals surface area (Å²) < 4.78 is 1.24. The largest absolute Gasteiger partial charge is 0.352 e. The number of hydrogen-bond donors (Lipinski definition) is 1. The Hall–Kier alpha value is -2.18. The summed E-state index contributed by atoms with van der Waals surface area (Å²) in [5.41, 5.74) is 2.16. The van der Waals surface area contributed by atoms with Crippen molar-refractivity contribution in [2.24, 2.45) is 5.92 Å². The standard InChI is InChI=1S/C20H21N3OS2/c24-19(6-5-16-9-12-25-14-16)21-13-15-7-10-23(11-8-15)20-22-17-3-1-2-4-18(17)26-20/h1-6,9,12,14-15H,7-8,10-11,13H2,(H,21,24)/b6-5+. The minimum absolute atomic E-state index is 0.00944. The molecule has 1 amide bonds. The Morgan fingerprint density at radius 3 is 2.88 bits per heavy atom. The van der Waals surface area contributed by atoms with Crippen LogP contribution in [-0.2, 0) is 4.79 Å². The van der Waals surface area contributed by atoms with Crippen molar-refractivity contribution in [3.05, 3.63) is 52.7 Å². The smallest absolute Gasteiger partial charge is 0.244 e. The average molecular weight is 384 g/mol. The lowest BCUT2D eigenvalue weighted by Crippen LogP contribution is -2.38. The summed E-state index contributed by atoms with van der Waals surface area (Å²) in [4.78, 5) is 19.1. The zero-order chi connectivity index (χ0) is 17.8. The van der Waals surface area contributed by atoms with Crippen molar-refractivity contribution in [1.82, 2.24) is 10.3 Å². The molecule has 2 aromatic heterocycles. The molecule has 3 heterocycles. The number of carbonyl (C=O) groups excluding carboxylic acids is 1. The molecule has 0 aliphatic carbocycles. The van der Waals surface area contributed by atoms with Gasteiger partial charge in [0.05, 0.1) is 10.2 Å². The van der Waals surface area contributed by atoms with E-state index in [0.29, 0.717) is 5.92 Å². The second kappa shape index (κ2) is 8.01. The number of amides is 1. The van der Waals surface area contributed by atoms with Crippen LogP contribution in [0, 0.1) is 5.92 Å². The molecule has 4 nitrogen and oxygen atoms in total. The van der Waals surface area contributed by atoms with Gasteiger partial charge in [-0.05, 0) is 59.4 Å². The second-order valence-electron chi connectivity index (χ2n) is 6.53. The molecule has 0 radical (unpaired) electrons. The van der Waals surface area contributed by atoms with E-state index in [1.165, 1.54) is 4.70 Å². The molecule has 6 heteroatoms. The van der Waals surface area contributed by atoms with Gasteiger partial charge in [-0.2, -0.15) is 11.3 Å². The van der Waals surface area contributed by atoms with Gasteiger partial charge >= 0.3 is 0 Å². The summed E-state index contributed by atoms with van der Waals surface area (Å²) in [6, 6.07) is 10.3. The summed E-state index contributed by atoms with van der Waals surface area (Å²) in [5, 5.41) is 8.19. The topological polar surface area (TPSA) is 45.2 Å². The first-order chi connectivity index (χ1) is 12.8. The number of rotatable bonds is 5. The highest BCUT2D eigenvalue weighted by Crippen LogP contribution is 2.31. The van der Waals surface area contributed by atoms with E-state index in [9.17, 15) is 4.79 Å². The molecule has 3 aromatic rings. The molecule has 1 N–H and O–H groups in total. The number of thiophene rings is 1. The summed E-state index contributed by atoms with van der Waals surface area (Å²) in [7, 11) is 0. The van der Waals surface area contributed by atoms with Gasteiger partial charge in [-0.3, -0.25) is 4.79 Å². The number of piperidine rings is 1. The third-order valence-corrected chi connectivity index (χ3v) is 6.50. The lowest BCUT2D eigenvalue weighted by atomic mass is 9.97. The molecule has 26 heavy (non-hydrogen) atoms. The van der Waals surface area contributed by atoms with Gasteiger partial charge in [-0.15, -0.1) is 0 Å². The van der Waals surface area contributed by atoms with Gasteiger partial charge in [0.15, 0.2) is 5.13 Å². The molecule has 1 aliphatic heterocycles. The van der Waals surface area contributed by atoms with Crippen molar-refractivity contribution in [2.75, 3.05) is 24.5 Å². The average Bonchev–Trinajstić information content (AvgIpc) is 3.34. The number of benzene rings is 1. The van der Waals surface area contributed by atoms with E-state index in [0.717, 1.165) is 48.7 Å². The second-order valence-corrected chi connectivity index (χ2v) is 8.32. The molecule has 0 unspecified atom stereocenters. The third kappa shape index (κ3) is 4.14. The van der Waals surface area contributed by atoms with E-state index in [4.69, 9.17) is 4.98 Å². The molecular formula is C20H21N3OS2. The fourth-order valence-corrected chi connectivity index (χ4v) is 4.82. The van der Waals surface area contributed by atoms with E-state index in [-0.39, 0.29) is 5.91 Å². The number of aromatic nitrogens is 1. The van der Waals surface area contributed by atoms with Crippen LogP contribution in [-0.4, -0.2) is 30.5 Å². The van der Waals surface area contributed by atoms with Crippen LogP contribution < -0.4 is 10.2 Å². The predicted molar refractivity (Wildman–Crippen MR) is 111 cm³/mol. The highest BCUT2D eigenvalue weighted by atomic mass is 32.1. The molecule has 1 saturated heterocycles. The number of fused-ring (bicyclic) bond motifs is 1. The van der Waals surface area contributed by atoms with Crippen LogP contribution in [0.15, 0.2) is 47.2 Å². The summed E-state index contributed by atoms with van der Waals surface area (Å²) in [6.45, 7) is 2.76. The molecule has 0 atom stereocenters. The molecule has 0 spiro atoms. The van der Waals surface area contributed by atoms with Crippen LogP contribution in [0.4, 0.5) is 5.13 Å². The van der Waals surface area contributed by atoms with Crippen LogP contribution in [0.5, 0.6) is 0 Å². The first kappa shape index (κ1) is 17.2. The Balaban J connectivity index is 1.25. The normalized spacial score (nSPS) is 15.8. The Labute approximate surface area is 161 Å². The number of nitrogens with zero attached hydrogens (tertiary/aromatic N) is 2. The molecule has 1 fully saturated rings. The van der Waals surface area contributed by atoms with Crippen molar-refractivity contribution in [3.8, 4) is 0 Å². The first-order valence-corrected chi connectivity index (χ1v) is 10.6. The van der Waals surface area contributed by atoms with Crippen molar-refractivity contribution >= 4 is 50.0 Å². The van der Waals surface area contributed by atoms with E-state index >= 15 is 0 Å². The predicted octanol–water partition coefficient (Wildman–Crippen LogP) is 4.40. The zero-order valence-corrected chi connectivity index (χ0v) is 16.1. The molecule has 1 aromatic carbocycles. The van der Waals surface area contributed by atoms with Gasteiger partial charge in [-0.25, -0.2) is 4.98 Å². The minimum Gasteiger partial charge on any atom is -0.352 e. The Morgan fingerprint density at radius 1 is 1.27 bits per heavy atom. The molecule has 0 saturated carbocycles. The summed E-state index contributed by atoms with van der Waals surface area (Å²) in [5.74, 6) is 0.531. The van der Waals surface area contributed by atoms with E-state index < -0.39 is 0 Å². The van der Waals surface area contributed by atoms with Gasteiger partial charge in [0.2, 0.25) is 5.91 Å². The number of carbonyl (C=O) groups is 1. The quantitative estimate of drug-likeness (QED) is 0.664. The molecule has 4 rings (SSSR count). The minimum atomic E-state index is -0.00944. The Kier molecular flexibility index (Phi) is 5.32. The number of hydrogen-bond acceptors (Lipinski definition) is 5. The molecule has 0 bridgehead atoms. The lowest BCUT2D eigenvalue weighted by molar-refractivity contribution is -0.116. The van der Waals surface area contributed by atoms with Gasteiger partial charge < -0.3 is 10.2 Å². The number of para-hydroxylation sites is 1. The van der Waals surface area contributed by atoms with Crippen LogP contribution in [0.1, 0.15) is 18.4 Å². The SMILES string of the molecule is O=C(/C=C/c1ccsc1)NCC1CCN(c2nc3ccccc3s2)CC1. The Bertz CT molecular complexity index is 860. The highest BCUT2D eigenvalue weighted by Gasteiger charge is 2.21. The summed E-state index contributed by atoms with van der Waals surface area (Å²) >= 11 is 3.40. The van der Waals surface area contributed by atoms with Crippen molar-refractivity contribution in [3.63, 3.8) is 0 Å². The maximum Gasteiger partial charge on any atom is 0.244 e. The molecular weight excluding hydrogens is 362 g/mol. The fraction of sp³-hybridized carbons (Fsp3) is 0.300. The lowest BCUT2D eigenvalue weighted by Gasteiger charge is -2.31. The number of thiazole rings is 1. The summed E-state index contributed by atoms with van der Waals surface area (Å²) in [6.07, 6.45) is 5.66. The van der Waals surface area contributed by atoms with Crippen LogP contribution in [0.3, 0.4) is 0 Å². The van der Waals surface area contributed by atoms with Crippen LogP contribution in [0.25, 0.3) is 16.3 Å². The van der Waals surface area contributed by atoms with E-state index in [1.807, 2.05) is 29.0 Å². The van der Waals surface area contributed by atoms with Gasteiger partial charge in [0.25, 0.3) is 0 Å². The van der Waals surface area contributed by atoms with Crippen LogP contribution >= 0.6 is 22.7 Å². The maximum atomic E-state index is 12.0. The zero-order valence-electron chi connectivity index (χ0n) is 14.4. The first-order valence-electron chi connectivity index (χ1n) is 8.86. The van der Waals surface area contributed by atoms with Crippen molar-refractivity contribution in [1.29, 1.82) is 0 Å². The van der Waals surface area contributed by atoms with Gasteiger partial charge in [-0.1, -0.05) is 23.5 Å². The monoisotopic (exact) mass is 383 g/mol. The Morgan fingerprint density at radius 2 is 2.12 bits per heavy atom. The van der Waals surface area contributed by atoms with Gasteiger partial charge in [0.1, 0.15) is 0 Å². The fourth-order valence-electron chi connectivity index (χ4n) is 3.17. The third-order valence-electron chi connectivity index (χ3n) is 4.70. The molecule has 1 aliphatic rings. The maximum absolute atomic E-state index is 12.0. The van der Waals surface area contributed by atoms with E-state index in [1.54, 1.807) is 28.7 Å². The van der Waals surface area contributed by atoms with Crippen molar-refractivity contribution < 1.29 is 4.79 Å². The van der Waals surface area contributed by atoms with E-state index in [2.05, 4.69) is 28.4 Å². The van der Waals surface area contributed by atoms with Gasteiger partial charge in [0, 0.05) is 25.7 Å². The number of nitrogens with one attached hydrogen (secondary N) is 1. The highest BCUT2D eigenvalue weighted by molar-refractivity contribution is 7.22. The molecule has 134 valence electrons. The number of anilines is 1.